The number of aromatic hydroxyl groups is 1. The minimum absolute atomic E-state index is 0.143. The van der Waals surface area contributed by atoms with E-state index in [1.807, 2.05) is 26.0 Å². The zero-order chi connectivity index (χ0) is 17.3. The van der Waals surface area contributed by atoms with Gasteiger partial charge in [0.15, 0.2) is 0 Å². The van der Waals surface area contributed by atoms with Crippen molar-refractivity contribution in [1.82, 2.24) is 0 Å². The van der Waals surface area contributed by atoms with Gasteiger partial charge in [-0.3, -0.25) is 0 Å². The van der Waals surface area contributed by atoms with Gasteiger partial charge in [0.1, 0.15) is 0 Å². The molecular weight excluding hydrogens is 412 g/mol. The van der Waals surface area contributed by atoms with Gasteiger partial charge in [-0.05, 0) is 0 Å². The van der Waals surface area contributed by atoms with Crippen LogP contribution in [0.15, 0.2) is 39.2 Å². The molecule has 1 aliphatic carbocycles. The van der Waals surface area contributed by atoms with Crippen LogP contribution in [0.2, 0.25) is 22.8 Å². The summed E-state index contributed by atoms with van der Waals surface area (Å²) in [5, 5.41) is 10.1. The molecule has 3 nitrogen and oxygen atoms in total. The van der Waals surface area contributed by atoms with E-state index >= 15 is 0 Å². The van der Waals surface area contributed by atoms with Crippen LogP contribution in [0, 0.1) is 6.92 Å². The quantitative estimate of drug-likeness (QED) is 0.584. The van der Waals surface area contributed by atoms with Crippen LogP contribution in [0.5, 0.6) is 5.75 Å². The fourth-order valence-electron chi connectivity index (χ4n) is 2.83. The van der Waals surface area contributed by atoms with Gasteiger partial charge in [0.25, 0.3) is 0 Å². The van der Waals surface area contributed by atoms with Crippen LogP contribution >= 0.6 is 0 Å². The molecule has 0 aromatic heterocycles. The Kier molecular flexibility index (Phi) is 5.76. The molecule has 5 heteroatoms. The van der Waals surface area contributed by atoms with E-state index in [9.17, 15) is 9.90 Å². The third-order valence-corrected chi connectivity index (χ3v) is 9.99. The Balaban J connectivity index is 2.57. The molecule has 122 valence electrons. The molecule has 0 saturated heterocycles. The molecule has 0 bridgehead atoms. The van der Waals surface area contributed by atoms with Crippen LogP contribution < -0.4 is 4.35 Å². The van der Waals surface area contributed by atoms with Crippen molar-refractivity contribution >= 4 is 50.8 Å². The van der Waals surface area contributed by atoms with E-state index in [1.165, 1.54) is 0 Å². The predicted octanol–water partition coefficient (Wildman–Crippen LogP) is 3.48. The van der Waals surface area contributed by atoms with Crippen LogP contribution in [-0.2, 0) is 4.79 Å². The van der Waals surface area contributed by atoms with Crippen molar-refractivity contribution in [2.45, 2.75) is 36.7 Å². The van der Waals surface area contributed by atoms with Crippen molar-refractivity contribution in [1.29, 1.82) is 0 Å². The van der Waals surface area contributed by atoms with E-state index in [4.69, 9.17) is 4.99 Å². The zero-order valence-electron chi connectivity index (χ0n) is 14.5. The molecule has 0 heterocycles. The molecule has 0 amide bonds. The fraction of sp³-hybridized carbons (Fsp3) is 0.333. The van der Waals surface area contributed by atoms with Gasteiger partial charge < -0.3 is 0 Å². The number of carbonyl (C=O) groups is 1. The molecule has 0 spiro atoms. The number of aliphatic imine (C=N–C) groups is 1. The number of ketones is 1. The van der Waals surface area contributed by atoms with Crippen molar-refractivity contribution in [2.24, 2.45) is 4.99 Å². The summed E-state index contributed by atoms with van der Waals surface area (Å²) in [7, 11) is 0. The van der Waals surface area contributed by atoms with E-state index in [1.54, 1.807) is 12.1 Å². The number of carbonyl (C=O) groups excluding carboxylic acids is 1. The van der Waals surface area contributed by atoms with Gasteiger partial charge in [-0.2, -0.15) is 0 Å². The summed E-state index contributed by atoms with van der Waals surface area (Å²) >= 11 is -2.48. The number of phenols is 1. The molecule has 1 aromatic rings. The number of benzene rings is 1. The second-order valence-corrected chi connectivity index (χ2v) is 15.4. The SMILES string of the molecule is CC1=C([As](C)C)C(=O)C=CC1=Nc1ccc(O)c([As](C)C)c1C. The summed E-state index contributed by atoms with van der Waals surface area (Å²) in [4.78, 5) is 16.9. The molecule has 0 radical (unpaired) electrons. The van der Waals surface area contributed by atoms with Crippen LogP contribution in [-0.4, -0.2) is 45.9 Å². The third-order valence-electron chi connectivity index (χ3n) is 3.88. The Hall–Kier alpha value is -1.04. The monoisotopic (exact) mass is 435 g/mol. The summed E-state index contributed by atoms with van der Waals surface area (Å²) in [6, 6.07) is 3.61. The van der Waals surface area contributed by atoms with E-state index in [-0.39, 0.29) is 5.78 Å². The van der Waals surface area contributed by atoms with Gasteiger partial charge >= 0.3 is 148 Å². The van der Waals surface area contributed by atoms with E-state index in [0.717, 1.165) is 31.2 Å². The number of hydrogen-bond donors (Lipinski definition) is 1. The topological polar surface area (TPSA) is 49.7 Å². The molecule has 0 unspecified atom stereocenters. The maximum atomic E-state index is 12.1. The summed E-state index contributed by atoms with van der Waals surface area (Å²) in [5.41, 5.74) is 12.6. The van der Waals surface area contributed by atoms with E-state index in [2.05, 4.69) is 22.8 Å². The molecule has 1 aromatic carbocycles. The van der Waals surface area contributed by atoms with E-state index < -0.39 is 29.3 Å². The van der Waals surface area contributed by atoms with Gasteiger partial charge in [-0.15, -0.1) is 0 Å². The normalized spacial score (nSPS) is 17.0. The summed E-state index contributed by atoms with van der Waals surface area (Å²) in [6.07, 6.45) is 3.46. The molecule has 0 fully saturated rings. The Morgan fingerprint density at radius 3 is 2.22 bits per heavy atom. The Labute approximate surface area is 147 Å². The Bertz CT molecular complexity index is 744. The number of nitrogens with zero attached hydrogens (tertiary/aromatic N) is 1. The van der Waals surface area contributed by atoms with Gasteiger partial charge in [0, 0.05) is 0 Å². The van der Waals surface area contributed by atoms with Crippen molar-refractivity contribution in [3.63, 3.8) is 0 Å². The molecule has 2 rings (SSSR count). The predicted molar refractivity (Wildman–Crippen MR) is 101 cm³/mol. The van der Waals surface area contributed by atoms with Crippen molar-refractivity contribution in [3.8, 4) is 5.75 Å². The summed E-state index contributed by atoms with van der Waals surface area (Å²) in [6.45, 7) is 4.02. The van der Waals surface area contributed by atoms with Gasteiger partial charge in [-0.1, -0.05) is 0 Å². The van der Waals surface area contributed by atoms with Gasteiger partial charge in [0.2, 0.25) is 0 Å². The average molecular weight is 435 g/mol. The average Bonchev–Trinajstić information content (AvgIpc) is 2.44. The van der Waals surface area contributed by atoms with Crippen molar-refractivity contribution in [3.05, 3.63) is 39.8 Å². The van der Waals surface area contributed by atoms with Crippen molar-refractivity contribution in [2.75, 3.05) is 0 Å². The van der Waals surface area contributed by atoms with Crippen molar-refractivity contribution < 1.29 is 9.90 Å². The first-order valence-corrected chi connectivity index (χ1v) is 16.8. The summed E-state index contributed by atoms with van der Waals surface area (Å²) in [5.74, 6) is 0.526. The van der Waals surface area contributed by atoms with Crippen LogP contribution in [0.25, 0.3) is 0 Å². The maximum absolute atomic E-state index is 12.1. The molecule has 0 aliphatic heterocycles. The minimum atomic E-state index is -1.26. The number of phenolic OH excluding ortho intramolecular Hbond substituents is 1. The Morgan fingerprint density at radius 1 is 1.00 bits per heavy atom. The summed E-state index contributed by atoms with van der Waals surface area (Å²) < 4.78 is 2.06. The first-order valence-electron chi connectivity index (χ1n) is 7.43. The molecule has 1 aliphatic rings. The Morgan fingerprint density at radius 2 is 1.65 bits per heavy atom. The van der Waals surface area contributed by atoms with Crippen LogP contribution in [0.3, 0.4) is 0 Å². The first kappa shape index (κ1) is 18.3. The molecule has 1 N–H and O–H groups in total. The first-order chi connectivity index (χ1) is 10.7. The fourth-order valence-corrected chi connectivity index (χ4v) is 8.33. The molecule has 0 saturated carbocycles. The van der Waals surface area contributed by atoms with Gasteiger partial charge in [-0.25, -0.2) is 0 Å². The molecule has 0 atom stereocenters. The number of allylic oxidation sites excluding steroid dienone is 4. The second kappa shape index (κ2) is 7.24. The van der Waals surface area contributed by atoms with Crippen LogP contribution in [0.4, 0.5) is 5.69 Å². The zero-order valence-corrected chi connectivity index (χ0v) is 18.3. The van der Waals surface area contributed by atoms with E-state index in [0.29, 0.717) is 5.75 Å². The second-order valence-electron chi connectivity index (χ2n) is 6.03. The number of rotatable bonds is 3. The van der Waals surface area contributed by atoms with Gasteiger partial charge in [0.05, 0.1) is 0 Å². The van der Waals surface area contributed by atoms with Crippen LogP contribution in [0.1, 0.15) is 12.5 Å². The third kappa shape index (κ3) is 3.73. The standard InChI is InChI=1S/C18H23As2NO2/c1-11-13(7-9-15(22)17(11)19(3)4)21-14-8-10-16(23)18(12(14)2)20(5)6/h7-10,22H,1-6H3. The molecule has 23 heavy (non-hydrogen) atoms. The molecular formula is C18H23As2NO2. The number of hydrogen-bond acceptors (Lipinski definition) is 3.